The van der Waals surface area contributed by atoms with E-state index in [1.54, 1.807) is 23.9 Å². The number of amidine groups is 1. The SMILES string of the molecule is Br.FC(F)Oc1ccc(NC2=Nc3ccccc3SC2)cc1. The largest absolute Gasteiger partial charge is 0.435 e. The molecule has 0 spiro atoms. The summed E-state index contributed by atoms with van der Waals surface area (Å²) >= 11 is 1.71. The Kier molecular flexibility index (Phi) is 5.79. The molecule has 0 atom stereocenters. The molecule has 3 rings (SSSR count). The number of halogens is 3. The first-order chi connectivity index (χ1) is 10.2. The van der Waals surface area contributed by atoms with E-state index in [4.69, 9.17) is 0 Å². The summed E-state index contributed by atoms with van der Waals surface area (Å²) in [6.45, 7) is -2.81. The number of hydrogen-bond donors (Lipinski definition) is 1. The number of anilines is 1. The monoisotopic (exact) mass is 386 g/mol. The molecule has 0 bridgehead atoms. The topological polar surface area (TPSA) is 33.6 Å². The summed E-state index contributed by atoms with van der Waals surface area (Å²) < 4.78 is 28.5. The van der Waals surface area contributed by atoms with Crippen molar-refractivity contribution in [2.24, 2.45) is 4.99 Å². The van der Waals surface area contributed by atoms with Crippen molar-refractivity contribution in [3.8, 4) is 5.75 Å². The van der Waals surface area contributed by atoms with Gasteiger partial charge in [-0.1, -0.05) is 12.1 Å². The minimum absolute atomic E-state index is 0. The molecule has 0 amide bonds. The summed E-state index contributed by atoms with van der Waals surface area (Å²) in [4.78, 5) is 5.70. The van der Waals surface area contributed by atoms with E-state index in [0.717, 1.165) is 27.9 Å². The number of hydrogen-bond acceptors (Lipinski definition) is 4. The molecular formula is C15H13BrF2N2OS. The van der Waals surface area contributed by atoms with Crippen LogP contribution in [0.15, 0.2) is 58.4 Å². The zero-order valence-corrected chi connectivity index (χ0v) is 13.9. The minimum Gasteiger partial charge on any atom is -0.435 e. The zero-order valence-electron chi connectivity index (χ0n) is 11.3. The highest BCUT2D eigenvalue weighted by Crippen LogP contribution is 2.33. The quantitative estimate of drug-likeness (QED) is 0.795. The van der Waals surface area contributed by atoms with Gasteiger partial charge in [0, 0.05) is 10.6 Å². The lowest BCUT2D eigenvalue weighted by atomic mass is 10.3. The Bertz CT molecular complexity index is 665. The van der Waals surface area contributed by atoms with Crippen LogP contribution >= 0.6 is 28.7 Å². The van der Waals surface area contributed by atoms with Gasteiger partial charge in [-0.3, -0.25) is 0 Å². The van der Waals surface area contributed by atoms with E-state index in [-0.39, 0.29) is 22.7 Å². The normalized spacial score (nSPS) is 13.0. The molecule has 0 aromatic heterocycles. The number of para-hydroxylation sites is 1. The Labute approximate surface area is 141 Å². The van der Waals surface area contributed by atoms with Crippen molar-refractivity contribution in [3.63, 3.8) is 0 Å². The van der Waals surface area contributed by atoms with Crippen LogP contribution in [0.25, 0.3) is 0 Å². The number of nitrogens with one attached hydrogen (secondary N) is 1. The van der Waals surface area contributed by atoms with Crippen molar-refractivity contribution in [1.82, 2.24) is 0 Å². The van der Waals surface area contributed by atoms with Crippen molar-refractivity contribution in [3.05, 3.63) is 48.5 Å². The first-order valence-corrected chi connectivity index (χ1v) is 7.30. The summed E-state index contributed by atoms with van der Waals surface area (Å²) in [5, 5.41) is 3.19. The van der Waals surface area contributed by atoms with Gasteiger partial charge in [0.15, 0.2) is 0 Å². The molecule has 116 valence electrons. The van der Waals surface area contributed by atoms with Crippen molar-refractivity contribution in [2.45, 2.75) is 11.5 Å². The third kappa shape index (κ3) is 4.20. The number of aliphatic imine (C=N–C) groups is 1. The van der Waals surface area contributed by atoms with E-state index < -0.39 is 6.61 Å². The van der Waals surface area contributed by atoms with Gasteiger partial charge in [0.05, 0.1) is 11.4 Å². The Morgan fingerprint density at radius 3 is 2.55 bits per heavy atom. The molecule has 0 saturated carbocycles. The Balaban J connectivity index is 0.00000176. The molecule has 0 aliphatic carbocycles. The minimum atomic E-state index is -2.81. The van der Waals surface area contributed by atoms with Gasteiger partial charge in [-0.2, -0.15) is 8.78 Å². The molecule has 0 radical (unpaired) electrons. The first-order valence-electron chi connectivity index (χ1n) is 6.32. The van der Waals surface area contributed by atoms with Crippen molar-refractivity contribution >= 4 is 46.0 Å². The standard InChI is InChI=1S/C15H12F2N2OS.BrH/c16-15(17)20-11-7-5-10(6-8-11)18-14-9-21-13-4-2-1-3-12(13)19-14;/h1-8,15H,9H2,(H,18,19);1H. The molecule has 7 heteroatoms. The van der Waals surface area contributed by atoms with Crippen LogP contribution in [0.1, 0.15) is 0 Å². The lowest BCUT2D eigenvalue weighted by Crippen LogP contribution is -2.16. The number of fused-ring (bicyclic) bond motifs is 1. The maximum atomic E-state index is 12.1. The van der Waals surface area contributed by atoms with E-state index in [0.29, 0.717) is 0 Å². The number of nitrogens with zero attached hydrogens (tertiary/aromatic N) is 1. The zero-order chi connectivity index (χ0) is 14.7. The molecule has 2 aromatic carbocycles. The maximum absolute atomic E-state index is 12.1. The maximum Gasteiger partial charge on any atom is 0.387 e. The molecular weight excluding hydrogens is 374 g/mol. The third-order valence-corrected chi connectivity index (χ3v) is 3.93. The van der Waals surface area contributed by atoms with E-state index in [1.165, 1.54) is 12.1 Å². The fraction of sp³-hybridized carbons (Fsp3) is 0.133. The summed E-state index contributed by atoms with van der Waals surface area (Å²) in [6.07, 6.45) is 0. The van der Waals surface area contributed by atoms with Gasteiger partial charge in [-0.15, -0.1) is 28.7 Å². The molecule has 2 aromatic rings. The van der Waals surface area contributed by atoms with Gasteiger partial charge < -0.3 is 10.1 Å². The number of benzene rings is 2. The molecule has 0 saturated heterocycles. The molecule has 0 unspecified atom stereocenters. The van der Waals surface area contributed by atoms with Crippen LogP contribution in [-0.4, -0.2) is 18.2 Å². The van der Waals surface area contributed by atoms with Gasteiger partial charge in [-0.05, 0) is 36.4 Å². The molecule has 1 aliphatic heterocycles. The van der Waals surface area contributed by atoms with Crippen LogP contribution < -0.4 is 10.1 Å². The number of rotatable bonds is 3. The van der Waals surface area contributed by atoms with Crippen LogP contribution in [0, 0.1) is 0 Å². The lowest BCUT2D eigenvalue weighted by molar-refractivity contribution is -0.0498. The number of ether oxygens (including phenoxy) is 1. The summed E-state index contributed by atoms with van der Waals surface area (Å²) in [6, 6.07) is 14.3. The Morgan fingerprint density at radius 1 is 1.09 bits per heavy atom. The van der Waals surface area contributed by atoms with Crippen LogP contribution in [0.3, 0.4) is 0 Å². The van der Waals surface area contributed by atoms with Gasteiger partial charge >= 0.3 is 6.61 Å². The Hall–Kier alpha value is -1.60. The van der Waals surface area contributed by atoms with Gasteiger partial charge in [-0.25, -0.2) is 4.99 Å². The second-order valence-electron chi connectivity index (χ2n) is 4.34. The first kappa shape index (κ1) is 16.8. The second kappa shape index (κ2) is 7.60. The molecule has 0 fully saturated rings. The van der Waals surface area contributed by atoms with Gasteiger partial charge in [0.1, 0.15) is 11.6 Å². The fourth-order valence-electron chi connectivity index (χ4n) is 1.95. The molecule has 1 aliphatic rings. The fourth-order valence-corrected chi connectivity index (χ4v) is 2.81. The molecule has 1 N–H and O–H groups in total. The van der Waals surface area contributed by atoms with E-state index in [1.807, 2.05) is 24.3 Å². The molecule has 1 heterocycles. The van der Waals surface area contributed by atoms with Gasteiger partial charge in [0.25, 0.3) is 0 Å². The number of thioether (sulfide) groups is 1. The van der Waals surface area contributed by atoms with Crippen LogP contribution in [0.2, 0.25) is 0 Å². The summed E-state index contributed by atoms with van der Waals surface area (Å²) in [5.41, 5.74) is 1.73. The van der Waals surface area contributed by atoms with Gasteiger partial charge in [0.2, 0.25) is 0 Å². The van der Waals surface area contributed by atoms with E-state index >= 15 is 0 Å². The summed E-state index contributed by atoms with van der Waals surface area (Å²) in [7, 11) is 0. The lowest BCUT2D eigenvalue weighted by Gasteiger charge is -2.16. The Morgan fingerprint density at radius 2 is 1.82 bits per heavy atom. The van der Waals surface area contributed by atoms with E-state index in [2.05, 4.69) is 15.0 Å². The highest BCUT2D eigenvalue weighted by molar-refractivity contribution is 8.93. The summed E-state index contributed by atoms with van der Waals surface area (Å²) in [5.74, 6) is 1.72. The average Bonchev–Trinajstić information content (AvgIpc) is 2.49. The van der Waals surface area contributed by atoms with E-state index in [9.17, 15) is 8.78 Å². The second-order valence-corrected chi connectivity index (χ2v) is 5.36. The van der Waals surface area contributed by atoms with Crippen molar-refractivity contribution in [2.75, 3.05) is 11.1 Å². The van der Waals surface area contributed by atoms with Crippen molar-refractivity contribution in [1.29, 1.82) is 0 Å². The molecule has 22 heavy (non-hydrogen) atoms. The van der Waals surface area contributed by atoms with Crippen LogP contribution in [-0.2, 0) is 0 Å². The molecule has 3 nitrogen and oxygen atoms in total. The third-order valence-electron chi connectivity index (χ3n) is 2.85. The predicted octanol–water partition coefficient (Wildman–Crippen LogP) is 5.11. The van der Waals surface area contributed by atoms with Crippen LogP contribution in [0.5, 0.6) is 5.75 Å². The highest BCUT2D eigenvalue weighted by atomic mass is 79.9. The predicted molar refractivity (Wildman–Crippen MR) is 91.3 cm³/mol. The highest BCUT2D eigenvalue weighted by Gasteiger charge is 2.12. The van der Waals surface area contributed by atoms with Crippen molar-refractivity contribution < 1.29 is 13.5 Å². The smallest absolute Gasteiger partial charge is 0.387 e. The van der Waals surface area contributed by atoms with Crippen LogP contribution in [0.4, 0.5) is 20.2 Å². The average molecular weight is 387 g/mol. The number of alkyl halides is 2.